The van der Waals surface area contributed by atoms with E-state index in [2.05, 4.69) is 10.0 Å². The van der Waals surface area contributed by atoms with E-state index in [1.165, 1.54) is 6.07 Å². The smallest absolute Gasteiger partial charge is 0.339 e. The first-order valence-corrected chi connectivity index (χ1v) is 10.7. The third-order valence-electron chi connectivity index (χ3n) is 3.76. The van der Waals surface area contributed by atoms with Gasteiger partial charge in [-0.2, -0.15) is 8.42 Å². The van der Waals surface area contributed by atoms with E-state index in [9.17, 15) is 12.6 Å². The first-order chi connectivity index (χ1) is 13.4. The number of rotatable bonds is 8. The van der Waals surface area contributed by atoms with Crippen LogP contribution in [0.15, 0.2) is 83.8 Å². The van der Waals surface area contributed by atoms with E-state index in [-0.39, 0.29) is 17.2 Å². The van der Waals surface area contributed by atoms with Gasteiger partial charge in [0.25, 0.3) is 11.3 Å². The highest BCUT2D eigenvalue weighted by Gasteiger charge is 2.20. The fourth-order valence-corrected chi connectivity index (χ4v) is 3.99. The predicted molar refractivity (Wildman–Crippen MR) is 109 cm³/mol. The van der Waals surface area contributed by atoms with Crippen LogP contribution in [0.25, 0.3) is 0 Å². The van der Waals surface area contributed by atoms with Crippen molar-refractivity contribution in [3.63, 3.8) is 0 Å². The Morgan fingerprint density at radius 2 is 1.46 bits per heavy atom. The zero-order valence-electron chi connectivity index (χ0n) is 14.6. The molecule has 0 heterocycles. The first-order valence-electron chi connectivity index (χ1n) is 8.23. The normalized spacial score (nSPS) is 12.2. The Kier molecular flexibility index (Phi) is 6.30. The van der Waals surface area contributed by atoms with Gasteiger partial charge in [0, 0.05) is 17.9 Å². The standard InChI is InChI=1S/C19H18N2O5S2/c22-27(23)21-17-12-10-16(11-13-17)20-14-15-6-4-5-9-19(15)28(24,25)26-18-7-2-1-3-8-18/h1-13,20-21H,14H2,(H,22,23). The van der Waals surface area contributed by atoms with Crippen LogP contribution in [0.5, 0.6) is 5.75 Å². The van der Waals surface area contributed by atoms with Gasteiger partial charge in [0.05, 0.1) is 0 Å². The van der Waals surface area contributed by atoms with E-state index < -0.39 is 21.4 Å². The van der Waals surface area contributed by atoms with Crippen molar-refractivity contribution in [2.45, 2.75) is 11.4 Å². The van der Waals surface area contributed by atoms with Crippen LogP contribution in [0.4, 0.5) is 11.4 Å². The number of para-hydroxylation sites is 1. The zero-order chi connectivity index (χ0) is 20.0. The van der Waals surface area contributed by atoms with E-state index in [4.69, 9.17) is 8.74 Å². The largest absolute Gasteiger partial charge is 0.381 e. The summed E-state index contributed by atoms with van der Waals surface area (Å²) in [6, 6.07) is 21.6. The molecule has 9 heteroatoms. The Morgan fingerprint density at radius 1 is 0.857 bits per heavy atom. The molecule has 0 saturated heterocycles. The molecule has 0 aromatic heterocycles. The maximum Gasteiger partial charge on any atom is 0.339 e. The molecule has 0 amide bonds. The van der Waals surface area contributed by atoms with Crippen LogP contribution >= 0.6 is 0 Å². The molecular formula is C19H18N2O5S2. The molecule has 0 radical (unpaired) electrons. The van der Waals surface area contributed by atoms with Gasteiger partial charge in [-0.3, -0.25) is 9.27 Å². The van der Waals surface area contributed by atoms with Crippen molar-refractivity contribution in [2.24, 2.45) is 0 Å². The van der Waals surface area contributed by atoms with Crippen LogP contribution in [0.1, 0.15) is 5.56 Å². The van der Waals surface area contributed by atoms with E-state index in [0.717, 1.165) is 5.69 Å². The molecule has 0 spiro atoms. The Balaban J connectivity index is 1.74. The molecular weight excluding hydrogens is 400 g/mol. The first kappa shape index (κ1) is 19.9. The second-order valence-corrected chi connectivity index (χ2v) is 7.96. The second kappa shape index (κ2) is 8.87. The summed E-state index contributed by atoms with van der Waals surface area (Å²) in [6.07, 6.45) is 0. The lowest BCUT2D eigenvalue weighted by atomic mass is 10.2. The fourth-order valence-electron chi connectivity index (χ4n) is 2.50. The molecule has 7 nitrogen and oxygen atoms in total. The van der Waals surface area contributed by atoms with Crippen molar-refractivity contribution in [1.82, 2.24) is 0 Å². The molecule has 28 heavy (non-hydrogen) atoms. The summed E-state index contributed by atoms with van der Waals surface area (Å²) in [4.78, 5) is 0.0836. The summed E-state index contributed by atoms with van der Waals surface area (Å²) in [7, 11) is -3.98. The van der Waals surface area contributed by atoms with E-state index in [0.29, 0.717) is 11.3 Å². The second-order valence-electron chi connectivity index (χ2n) is 5.74. The highest BCUT2D eigenvalue weighted by atomic mass is 32.2. The summed E-state index contributed by atoms with van der Waals surface area (Å²) in [5.41, 5.74) is 1.77. The lowest BCUT2D eigenvalue weighted by Crippen LogP contribution is -2.13. The molecule has 3 aromatic carbocycles. The van der Waals surface area contributed by atoms with Gasteiger partial charge in [-0.15, -0.1) is 0 Å². The number of hydrogen-bond donors (Lipinski definition) is 3. The Hall–Kier alpha value is -2.88. The van der Waals surface area contributed by atoms with Crippen LogP contribution in [0, 0.1) is 0 Å². The highest BCUT2D eigenvalue weighted by Crippen LogP contribution is 2.22. The minimum Gasteiger partial charge on any atom is -0.381 e. The molecule has 3 aromatic rings. The van der Waals surface area contributed by atoms with Gasteiger partial charge >= 0.3 is 10.1 Å². The molecule has 0 aliphatic carbocycles. The van der Waals surface area contributed by atoms with Crippen molar-refractivity contribution in [3.8, 4) is 5.75 Å². The number of benzene rings is 3. The molecule has 3 N–H and O–H groups in total. The van der Waals surface area contributed by atoms with Gasteiger partial charge in [0.15, 0.2) is 0 Å². The molecule has 0 saturated carbocycles. The monoisotopic (exact) mass is 418 g/mol. The van der Waals surface area contributed by atoms with Gasteiger partial charge in [-0.1, -0.05) is 36.4 Å². The summed E-state index contributed by atoms with van der Waals surface area (Å²) in [5.74, 6) is 0.245. The minimum atomic E-state index is -3.98. The number of hydrogen-bond acceptors (Lipinski definition) is 5. The topological polar surface area (TPSA) is 105 Å². The highest BCUT2D eigenvalue weighted by molar-refractivity contribution is 7.87. The predicted octanol–water partition coefficient (Wildman–Crippen LogP) is 3.62. The Labute approximate surface area is 165 Å². The van der Waals surface area contributed by atoms with E-state index >= 15 is 0 Å². The van der Waals surface area contributed by atoms with Crippen LogP contribution in [-0.2, 0) is 27.9 Å². The van der Waals surface area contributed by atoms with Gasteiger partial charge in [0.2, 0.25) is 0 Å². The van der Waals surface area contributed by atoms with Crippen molar-refractivity contribution >= 4 is 32.8 Å². The quantitative estimate of drug-likeness (QED) is 0.381. The molecule has 0 aliphatic rings. The lowest BCUT2D eigenvalue weighted by Gasteiger charge is -2.13. The van der Waals surface area contributed by atoms with Gasteiger partial charge < -0.3 is 9.50 Å². The maximum atomic E-state index is 12.7. The van der Waals surface area contributed by atoms with Crippen molar-refractivity contribution < 1.29 is 21.4 Å². The summed E-state index contributed by atoms with van der Waals surface area (Å²) < 4.78 is 52.5. The molecule has 0 bridgehead atoms. The van der Waals surface area contributed by atoms with E-state index in [1.807, 2.05) is 0 Å². The van der Waals surface area contributed by atoms with Crippen LogP contribution in [0.3, 0.4) is 0 Å². The van der Waals surface area contributed by atoms with Crippen LogP contribution < -0.4 is 14.2 Å². The zero-order valence-corrected chi connectivity index (χ0v) is 16.2. The number of nitrogens with one attached hydrogen (secondary N) is 2. The van der Waals surface area contributed by atoms with Crippen LogP contribution in [-0.4, -0.2) is 17.2 Å². The maximum absolute atomic E-state index is 12.7. The summed E-state index contributed by atoms with van der Waals surface area (Å²) >= 11 is -2.14. The molecule has 146 valence electrons. The Morgan fingerprint density at radius 3 is 2.14 bits per heavy atom. The number of anilines is 2. The van der Waals surface area contributed by atoms with E-state index in [1.54, 1.807) is 72.8 Å². The summed E-state index contributed by atoms with van der Waals surface area (Å²) in [6.45, 7) is 0.256. The Bertz CT molecular complexity index is 1060. The van der Waals surface area contributed by atoms with Crippen molar-refractivity contribution in [3.05, 3.63) is 84.4 Å². The third-order valence-corrected chi connectivity index (χ3v) is 5.52. The SMILES string of the molecule is O=S(O)Nc1ccc(NCc2ccccc2S(=O)(=O)Oc2ccccc2)cc1. The third kappa shape index (κ3) is 5.32. The van der Waals surface area contributed by atoms with Gasteiger partial charge in [0.1, 0.15) is 10.6 Å². The summed E-state index contributed by atoms with van der Waals surface area (Å²) in [5, 5.41) is 3.13. The van der Waals surface area contributed by atoms with Crippen molar-refractivity contribution in [2.75, 3.05) is 10.0 Å². The molecule has 3 rings (SSSR count). The molecule has 0 fully saturated rings. The molecule has 1 atom stereocenters. The van der Waals surface area contributed by atoms with Gasteiger partial charge in [-0.05, 0) is 48.0 Å². The van der Waals surface area contributed by atoms with Gasteiger partial charge in [-0.25, -0.2) is 4.21 Å². The van der Waals surface area contributed by atoms with Crippen molar-refractivity contribution in [1.29, 1.82) is 0 Å². The fraction of sp³-hybridized carbons (Fsp3) is 0.0526. The molecule has 0 aliphatic heterocycles. The lowest BCUT2D eigenvalue weighted by molar-refractivity contribution is 0.485. The average molecular weight is 418 g/mol. The van der Waals surface area contributed by atoms with Crippen LogP contribution in [0.2, 0.25) is 0 Å². The molecule has 1 unspecified atom stereocenters. The average Bonchev–Trinajstić information content (AvgIpc) is 2.68. The minimum absolute atomic E-state index is 0.0836.